The predicted molar refractivity (Wildman–Crippen MR) is 72.8 cm³/mol. The van der Waals surface area contributed by atoms with Crippen LogP contribution in [0.4, 0.5) is 0 Å². The highest BCUT2D eigenvalue weighted by atomic mass is 16.5. The molecule has 5 nitrogen and oxygen atoms in total. The number of carbonyl (C=O) groups is 1. The first-order valence-corrected chi connectivity index (χ1v) is 7.00. The summed E-state index contributed by atoms with van der Waals surface area (Å²) in [5, 5.41) is 3.42. The molecule has 2 unspecified atom stereocenters. The number of ether oxygens (including phenoxy) is 1. The number of imidazole rings is 1. The molecule has 2 atom stereocenters. The summed E-state index contributed by atoms with van der Waals surface area (Å²) in [5.41, 5.74) is -0.543. The third-order valence-corrected chi connectivity index (χ3v) is 3.67. The Morgan fingerprint density at radius 1 is 1.63 bits per heavy atom. The Morgan fingerprint density at radius 2 is 2.42 bits per heavy atom. The summed E-state index contributed by atoms with van der Waals surface area (Å²) in [7, 11) is 0. The van der Waals surface area contributed by atoms with E-state index in [-0.39, 0.29) is 12.0 Å². The SMILES string of the molecule is CCOC(=O)C1(NC(C)C)CCC(n2ccnc2)C1. The molecule has 0 saturated heterocycles. The molecule has 0 amide bonds. The summed E-state index contributed by atoms with van der Waals surface area (Å²) in [6, 6.07) is 0.573. The molecule has 1 saturated carbocycles. The zero-order chi connectivity index (χ0) is 13.9. The molecule has 1 fully saturated rings. The van der Waals surface area contributed by atoms with Crippen molar-refractivity contribution in [2.45, 2.75) is 57.7 Å². The number of nitrogens with zero attached hydrogens (tertiary/aromatic N) is 2. The van der Waals surface area contributed by atoms with Crippen molar-refractivity contribution in [1.29, 1.82) is 0 Å². The maximum atomic E-state index is 12.3. The van der Waals surface area contributed by atoms with Crippen LogP contribution in [0, 0.1) is 0 Å². The second-order valence-electron chi connectivity index (χ2n) is 5.51. The summed E-state index contributed by atoms with van der Waals surface area (Å²) in [5.74, 6) is -0.119. The predicted octanol–water partition coefficient (Wildman–Crippen LogP) is 1.91. The van der Waals surface area contributed by atoms with Crippen molar-refractivity contribution in [1.82, 2.24) is 14.9 Å². The van der Waals surface area contributed by atoms with E-state index >= 15 is 0 Å². The van der Waals surface area contributed by atoms with E-state index in [1.54, 1.807) is 6.20 Å². The van der Waals surface area contributed by atoms with E-state index in [0.717, 1.165) is 19.3 Å². The fourth-order valence-electron chi connectivity index (χ4n) is 2.96. The van der Waals surface area contributed by atoms with Crippen LogP contribution in [0.5, 0.6) is 0 Å². The molecule has 19 heavy (non-hydrogen) atoms. The van der Waals surface area contributed by atoms with E-state index in [0.29, 0.717) is 12.6 Å². The molecule has 1 aromatic heterocycles. The minimum Gasteiger partial charge on any atom is -0.465 e. The Balaban J connectivity index is 2.14. The Kier molecular flexibility index (Phi) is 4.24. The highest BCUT2D eigenvalue weighted by Gasteiger charge is 2.47. The summed E-state index contributed by atoms with van der Waals surface area (Å²) in [4.78, 5) is 16.4. The largest absolute Gasteiger partial charge is 0.465 e. The van der Waals surface area contributed by atoms with Crippen LogP contribution < -0.4 is 5.32 Å². The Labute approximate surface area is 114 Å². The van der Waals surface area contributed by atoms with Gasteiger partial charge in [0.15, 0.2) is 0 Å². The van der Waals surface area contributed by atoms with Gasteiger partial charge < -0.3 is 9.30 Å². The zero-order valence-electron chi connectivity index (χ0n) is 11.9. The lowest BCUT2D eigenvalue weighted by molar-refractivity contribution is -0.151. The summed E-state index contributed by atoms with van der Waals surface area (Å²) < 4.78 is 7.36. The molecule has 1 aliphatic carbocycles. The van der Waals surface area contributed by atoms with Gasteiger partial charge in [-0.2, -0.15) is 0 Å². The van der Waals surface area contributed by atoms with Crippen LogP contribution in [-0.4, -0.2) is 33.7 Å². The topological polar surface area (TPSA) is 56.1 Å². The summed E-state index contributed by atoms with van der Waals surface area (Å²) >= 11 is 0. The van der Waals surface area contributed by atoms with Gasteiger partial charge in [0.05, 0.1) is 12.9 Å². The maximum absolute atomic E-state index is 12.3. The monoisotopic (exact) mass is 265 g/mol. The summed E-state index contributed by atoms with van der Waals surface area (Å²) in [6.45, 7) is 6.40. The molecule has 2 rings (SSSR count). The smallest absolute Gasteiger partial charge is 0.326 e. The standard InChI is InChI=1S/C14H23N3O2/c1-4-19-13(18)14(16-11(2)3)6-5-12(9-14)17-8-7-15-10-17/h7-8,10-12,16H,4-6,9H2,1-3H3. The van der Waals surface area contributed by atoms with Crippen molar-refractivity contribution in [2.75, 3.05) is 6.61 Å². The lowest BCUT2D eigenvalue weighted by Crippen LogP contribution is -2.53. The second-order valence-corrected chi connectivity index (χ2v) is 5.51. The summed E-state index contributed by atoms with van der Waals surface area (Å²) in [6.07, 6.45) is 8.10. The molecule has 0 bridgehead atoms. The fraction of sp³-hybridized carbons (Fsp3) is 0.714. The van der Waals surface area contributed by atoms with Crippen molar-refractivity contribution < 1.29 is 9.53 Å². The molecule has 0 aliphatic heterocycles. The van der Waals surface area contributed by atoms with Crippen molar-refractivity contribution in [3.63, 3.8) is 0 Å². The number of rotatable bonds is 5. The van der Waals surface area contributed by atoms with Gasteiger partial charge in [0.25, 0.3) is 0 Å². The quantitative estimate of drug-likeness (QED) is 0.826. The molecule has 1 aromatic rings. The number of carbonyl (C=O) groups excluding carboxylic acids is 1. The van der Waals surface area contributed by atoms with Gasteiger partial charge in [-0.3, -0.25) is 10.1 Å². The molecule has 0 spiro atoms. The van der Waals surface area contributed by atoms with Gasteiger partial charge in [-0.15, -0.1) is 0 Å². The van der Waals surface area contributed by atoms with Gasteiger partial charge >= 0.3 is 5.97 Å². The normalized spacial score (nSPS) is 26.8. The van der Waals surface area contributed by atoms with Gasteiger partial charge in [0, 0.05) is 24.5 Å². The second kappa shape index (κ2) is 5.74. The lowest BCUT2D eigenvalue weighted by Gasteiger charge is -2.30. The van der Waals surface area contributed by atoms with Gasteiger partial charge in [0.1, 0.15) is 5.54 Å². The fourth-order valence-corrected chi connectivity index (χ4v) is 2.96. The third-order valence-electron chi connectivity index (χ3n) is 3.67. The van der Waals surface area contributed by atoms with E-state index in [9.17, 15) is 4.79 Å². The molecule has 1 N–H and O–H groups in total. The van der Waals surface area contributed by atoms with Gasteiger partial charge in [0.2, 0.25) is 0 Å². The molecule has 5 heteroatoms. The van der Waals surface area contributed by atoms with Crippen LogP contribution in [0.25, 0.3) is 0 Å². The van der Waals surface area contributed by atoms with Crippen molar-refractivity contribution >= 4 is 5.97 Å². The van der Waals surface area contributed by atoms with E-state index in [4.69, 9.17) is 4.74 Å². The molecular weight excluding hydrogens is 242 g/mol. The van der Waals surface area contributed by atoms with Crippen LogP contribution in [-0.2, 0) is 9.53 Å². The van der Waals surface area contributed by atoms with Gasteiger partial charge in [-0.25, -0.2) is 4.98 Å². The zero-order valence-corrected chi connectivity index (χ0v) is 11.9. The average Bonchev–Trinajstić information content (AvgIpc) is 2.97. The van der Waals surface area contributed by atoms with E-state index in [1.165, 1.54) is 0 Å². The average molecular weight is 265 g/mol. The van der Waals surface area contributed by atoms with E-state index in [1.807, 2.05) is 19.4 Å². The molecule has 1 aliphatic rings. The molecule has 106 valence electrons. The molecule has 1 heterocycles. The molecule has 0 aromatic carbocycles. The Morgan fingerprint density at radius 3 is 3.00 bits per heavy atom. The van der Waals surface area contributed by atoms with Crippen LogP contribution in [0.1, 0.15) is 46.1 Å². The first-order valence-electron chi connectivity index (χ1n) is 7.00. The van der Waals surface area contributed by atoms with Crippen LogP contribution in [0.15, 0.2) is 18.7 Å². The minimum atomic E-state index is -0.543. The molecule has 0 radical (unpaired) electrons. The number of esters is 1. The number of aromatic nitrogens is 2. The van der Waals surface area contributed by atoms with Crippen LogP contribution in [0.2, 0.25) is 0 Å². The first-order chi connectivity index (χ1) is 9.07. The third kappa shape index (κ3) is 2.97. The van der Waals surface area contributed by atoms with E-state index < -0.39 is 5.54 Å². The van der Waals surface area contributed by atoms with Crippen molar-refractivity contribution in [3.8, 4) is 0 Å². The number of nitrogens with one attached hydrogen (secondary N) is 1. The van der Waals surface area contributed by atoms with Crippen molar-refractivity contribution in [3.05, 3.63) is 18.7 Å². The highest BCUT2D eigenvalue weighted by molar-refractivity contribution is 5.81. The van der Waals surface area contributed by atoms with Gasteiger partial charge in [-0.05, 0) is 40.0 Å². The van der Waals surface area contributed by atoms with Crippen LogP contribution >= 0.6 is 0 Å². The number of hydrogen-bond acceptors (Lipinski definition) is 4. The Bertz CT molecular complexity index is 416. The minimum absolute atomic E-state index is 0.119. The Hall–Kier alpha value is -1.36. The molecular formula is C14H23N3O2. The highest BCUT2D eigenvalue weighted by Crippen LogP contribution is 2.38. The van der Waals surface area contributed by atoms with Gasteiger partial charge in [-0.1, -0.05) is 0 Å². The number of hydrogen-bond donors (Lipinski definition) is 1. The maximum Gasteiger partial charge on any atom is 0.326 e. The van der Waals surface area contributed by atoms with Crippen LogP contribution in [0.3, 0.4) is 0 Å². The van der Waals surface area contributed by atoms with E-state index in [2.05, 4.69) is 28.7 Å². The van der Waals surface area contributed by atoms with Crippen molar-refractivity contribution in [2.24, 2.45) is 0 Å². The first kappa shape index (κ1) is 14.1. The lowest BCUT2D eigenvalue weighted by atomic mass is 9.96.